The Labute approximate surface area is 103 Å². The topological polar surface area (TPSA) is 134 Å². The van der Waals surface area contributed by atoms with Gasteiger partial charge >= 0.3 is 5.97 Å². The summed E-state index contributed by atoms with van der Waals surface area (Å²) in [6.45, 7) is 2.22. The molecule has 1 saturated heterocycles. The van der Waals surface area contributed by atoms with E-state index in [0.29, 0.717) is 0 Å². The highest BCUT2D eigenvalue weighted by Gasteiger charge is 2.49. The summed E-state index contributed by atoms with van der Waals surface area (Å²) in [4.78, 5) is 22.2. The van der Waals surface area contributed by atoms with Gasteiger partial charge in [-0.2, -0.15) is 0 Å². The van der Waals surface area contributed by atoms with Gasteiger partial charge in [-0.1, -0.05) is 0 Å². The van der Waals surface area contributed by atoms with Crippen LogP contribution >= 0.6 is 0 Å². The molecule has 8 nitrogen and oxygen atoms in total. The van der Waals surface area contributed by atoms with E-state index in [4.69, 9.17) is 9.84 Å². The van der Waals surface area contributed by atoms with Gasteiger partial charge in [0, 0.05) is 6.92 Å². The minimum Gasteiger partial charge on any atom is -0.454 e. The summed E-state index contributed by atoms with van der Waals surface area (Å²) in [7, 11) is 0. The molecular weight excluding hydrogens is 248 g/mol. The van der Waals surface area contributed by atoms with Crippen LogP contribution in [0.2, 0.25) is 0 Å². The third-order valence-corrected chi connectivity index (χ3v) is 2.56. The number of hydrogen-bond acceptors (Lipinski definition) is 8. The molecule has 1 fully saturated rings. The van der Waals surface area contributed by atoms with Crippen molar-refractivity contribution in [2.24, 2.45) is 0 Å². The molecule has 0 aromatic heterocycles. The average molecular weight is 264 g/mol. The van der Waals surface area contributed by atoms with Gasteiger partial charge in [0.1, 0.15) is 18.3 Å². The van der Waals surface area contributed by atoms with Crippen LogP contribution in [-0.2, 0) is 19.1 Å². The summed E-state index contributed by atoms with van der Waals surface area (Å²) in [5.74, 6) is -1.67. The van der Waals surface area contributed by atoms with Gasteiger partial charge in [-0.25, -0.2) is 0 Å². The van der Waals surface area contributed by atoms with Crippen molar-refractivity contribution in [3.8, 4) is 0 Å². The van der Waals surface area contributed by atoms with Crippen LogP contribution in [0, 0.1) is 0 Å². The lowest BCUT2D eigenvalue weighted by atomic mass is 9.94. The monoisotopic (exact) mass is 264 g/mol. The Morgan fingerprint density at radius 1 is 1.22 bits per heavy atom. The fourth-order valence-corrected chi connectivity index (χ4v) is 1.64. The molecule has 0 aromatic rings. The van der Waals surface area contributed by atoms with Crippen molar-refractivity contribution in [2.45, 2.75) is 50.7 Å². The van der Waals surface area contributed by atoms with E-state index < -0.39 is 48.6 Å². The standard InChI is InChI=1S/C10H16O8/c1-3(11)5(13)8-6(14)7(15)9(10(16)18-8)17-4(2)12/h3,6-11,14-16H,1-2H3/t3?,6-,7-,8+,9+,10?/m0/s1. The van der Waals surface area contributed by atoms with E-state index in [1.807, 2.05) is 0 Å². The molecule has 1 aliphatic heterocycles. The largest absolute Gasteiger partial charge is 0.454 e. The Hall–Kier alpha value is -1.06. The van der Waals surface area contributed by atoms with Crippen LogP contribution in [0.3, 0.4) is 0 Å². The molecule has 104 valence electrons. The number of carbonyl (C=O) groups excluding carboxylic acids is 2. The Bertz CT molecular complexity index is 328. The Morgan fingerprint density at radius 3 is 2.22 bits per heavy atom. The minimum atomic E-state index is -1.76. The first-order valence-corrected chi connectivity index (χ1v) is 5.34. The molecule has 1 aliphatic rings. The predicted molar refractivity (Wildman–Crippen MR) is 55.1 cm³/mol. The quantitative estimate of drug-likeness (QED) is 0.405. The lowest BCUT2D eigenvalue weighted by Gasteiger charge is -2.39. The van der Waals surface area contributed by atoms with Crippen molar-refractivity contribution in [1.82, 2.24) is 0 Å². The molecule has 8 heteroatoms. The van der Waals surface area contributed by atoms with E-state index in [-0.39, 0.29) is 0 Å². The first kappa shape index (κ1) is 15.0. The zero-order valence-electron chi connectivity index (χ0n) is 9.89. The minimum absolute atomic E-state index is 0.783. The molecule has 0 aliphatic carbocycles. The van der Waals surface area contributed by atoms with Gasteiger partial charge in [-0.15, -0.1) is 0 Å². The second-order valence-electron chi connectivity index (χ2n) is 4.08. The lowest BCUT2D eigenvalue weighted by Crippen LogP contribution is -2.61. The van der Waals surface area contributed by atoms with E-state index in [1.54, 1.807) is 0 Å². The first-order chi connectivity index (χ1) is 8.25. The van der Waals surface area contributed by atoms with Crippen LogP contribution in [0.1, 0.15) is 13.8 Å². The molecule has 0 saturated carbocycles. The highest BCUT2D eigenvalue weighted by atomic mass is 16.7. The van der Waals surface area contributed by atoms with Crippen LogP contribution in [0.4, 0.5) is 0 Å². The van der Waals surface area contributed by atoms with Gasteiger partial charge in [-0.05, 0) is 6.92 Å². The Balaban J connectivity index is 2.82. The SMILES string of the molecule is CC(=O)O[C@H]1C(O)O[C@H](C(=O)C(C)O)[C@@H](O)[C@@H]1O. The van der Waals surface area contributed by atoms with Gasteiger partial charge in [0.05, 0.1) is 0 Å². The summed E-state index contributed by atoms with van der Waals surface area (Å²) in [6.07, 6.45) is -9.66. The molecule has 18 heavy (non-hydrogen) atoms. The number of ketones is 1. The maximum Gasteiger partial charge on any atom is 0.303 e. The highest BCUT2D eigenvalue weighted by molar-refractivity contribution is 5.87. The maximum atomic E-state index is 11.5. The number of hydrogen-bond donors (Lipinski definition) is 4. The van der Waals surface area contributed by atoms with E-state index in [1.165, 1.54) is 0 Å². The van der Waals surface area contributed by atoms with Gasteiger partial charge < -0.3 is 29.9 Å². The second-order valence-corrected chi connectivity index (χ2v) is 4.08. The highest BCUT2D eigenvalue weighted by Crippen LogP contribution is 2.23. The summed E-state index contributed by atoms with van der Waals surface area (Å²) in [5.41, 5.74) is 0. The van der Waals surface area contributed by atoms with Crippen molar-refractivity contribution < 1.29 is 39.5 Å². The maximum absolute atomic E-state index is 11.5. The fourth-order valence-electron chi connectivity index (χ4n) is 1.64. The van der Waals surface area contributed by atoms with Crippen LogP contribution in [0.5, 0.6) is 0 Å². The van der Waals surface area contributed by atoms with Crippen LogP contribution in [-0.4, -0.2) is 69.0 Å². The van der Waals surface area contributed by atoms with Crippen molar-refractivity contribution in [3.63, 3.8) is 0 Å². The van der Waals surface area contributed by atoms with Crippen molar-refractivity contribution >= 4 is 11.8 Å². The molecule has 0 aromatic carbocycles. The molecule has 4 N–H and O–H groups in total. The zero-order chi connectivity index (χ0) is 14.0. The van der Waals surface area contributed by atoms with Crippen molar-refractivity contribution in [2.75, 3.05) is 0 Å². The molecular formula is C10H16O8. The molecule has 1 rings (SSSR count). The third-order valence-electron chi connectivity index (χ3n) is 2.56. The molecule has 6 atom stereocenters. The number of aliphatic hydroxyl groups excluding tert-OH is 4. The Kier molecular flexibility index (Phi) is 4.77. The van der Waals surface area contributed by atoms with E-state index >= 15 is 0 Å². The zero-order valence-corrected chi connectivity index (χ0v) is 9.89. The number of carbonyl (C=O) groups is 2. The van der Waals surface area contributed by atoms with E-state index in [0.717, 1.165) is 13.8 Å². The van der Waals surface area contributed by atoms with Crippen LogP contribution in [0.25, 0.3) is 0 Å². The fraction of sp³-hybridized carbons (Fsp3) is 0.800. The number of rotatable bonds is 3. The number of ether oxygens (including phenoxy) is 2. The average Bonchev–Trinajstić information content (AvgIpc) is 2.28. The van der Waals surface area contributed by atoms with Gasteiger partial charge in [0.25, 0.3) is 0 Å². The second kappa shape index (κ2) is 5.72. The molecule has 0 bridgehead atoms. The molecule has 2 unspecified atom stereocenters. The number of Topliss-reactive ketones (excluding diaryl/α,β-unsaturated/α-hetero) is 1. The lowest BCUT2D eigenvalue weighted by molar-refractivity contribution is -0.280. The van der Waals surface area contributed by atoms with Crippen molar-refractivity contribution in [3.05, 3.63) is 0 Å². The number of esters is 1. The van der Waals surface area contributed by atoms with Gasteiger partial charge in [0.2, 0.25) is 0 Å². The Morgan fingerprint density at radius 2 is 1.78 bits per heavy atom. The smallest absolute Gasteiger partial charge is 0.303 e. The normalized spacial score (nSPS) is 38.0. The van der Waals surface area contributed by atoms with Crippen molar-refractivity contribution in [1.29, 1.82) is 0 Å². The van der Waals surface area contributed by atoms with Gasteiger partial charge in [0.15, 0.2) is 24.3 Å². The third kappa shape index (κ3) is 3.03. The van der Waals surface area contributed by atoms with Crippen LogP contribution < -0.4 is 0 Å². The van der Waals surface area contributed by atoms with Gasteiger partial charge in [-0.3, -0.25) is 9.59 Å². The van der Waals surface area contributed by atoms with Crippen LogP contribution in [0.15, 0.2) is 0 Å². The molecule has 1 heterocycles. The van der Waals surface area contributed by atoms with E-state index in [9.17, 15) is 24.9 Å². The molecule has 0 amide bonds. The summed E-state index contributed by atoms with van der Waals surface area (Å²) in [5, 5.41) is 37.9. The molecule has 0 radical (unpaired) electrons. The number of aliphatic hydroxyl groups is 4. The predicted octanol–water partition coefficient (Wildman–Crippen LogP) is -2.69. The molecule has 0 spiro atoms. The summed E-state index contributed by atoms with van der Waals surface area (Å²) >= 11 is 0. The first-order valence-electron chi connectivity index (χ1n) is 5.34. The summed E-state index contributed by atoms with van der Waals surface area (Å²) < 4.78 is 9.34. The van der Waals surface area contributed by atoms with E-state index in [2.05, 4.69) is 4.74 Å². The summed E-state index contributed by atoms with van der Waals surface area (Å²) in [6, 6.07) is 0.